The highest BCUT2D eigenvalue weighted by Gasteiger charge is 2.16. The molecule has 0 radical (unpaired) electrons. The molecule has 0 saturated carbocycles. The molecule has 2 N–H and O–H groups in total. The summed E-state index contributed by atoms with van der Waals surface area (Å²) in [6, 6.07) is 7.12. The molecule has 19 heavy (non-hydrogen) atoms. The van der Waals surface area contributed by atoms with Gasteiger partial charge >= 0.3 is 5.97 Å². The molecule has 104 valence electrons. The van der Waals surface area contributed by atoms with Gasteiger partial charge in [-0.05, 0) is 24.5 Å². The Hall–Kier alpha value is -1.55. The Morgan fingerprint density at radius 1 is 1.26 bits per heavy atom. The third-order valence-electron chi connectivity index (χ3n) is 2.81. The van der Waals surface area contributed by atoms with Crippen LogP contribution >= 0.6 is 11.6 Å². The minimum Gasteiger partial charge on any atom is -0.481 e. The Morgan fingerprint density at radius 3 is 2.47 bits per heavy atom. The fourth-order valence-corrected chi connectivity index (χ4v) is 2.19. The largest absolute Gasteiger partial charge is 0.481 e. The predicted molar refractivity (Wildman–Crippen MR) is 74.0 cm³/mol. The molecular formula is C14H18ClNO3. The molecule has 2 atom stereocenters. The summed E-state index contributed by atoms with van der Waals surface area (Å²) in [5.74, 6) is -1.24. The summed E-state index contributed by atoms with van der Waals surface area (Å²) in [5.41, 5.74) is 0.850. The van der Waals surface area contributed by atoms with E-state index in [0.717, 1.165) is 5.56 Å². The van der Waals surface area contributed by atoms with Crippen LogP contribution < -0.4 is 5.32 Å². The molecule has 1 unspecified atom stereocenters. The van der Waals surface area contributed by atoms with Gasteiger partial charge in [0.05, 0.1) is 6.04 Å². The average Bonchev–Trinajstić information content (AvgIpc) is 2.27. The van der Waals surface area contributed by atoms with Crippen LogP contribution in [0.15, 0.2) is 24.3 Å². The Bertz CT molecular complexity index is 462. The SMILES string of the molecule is CC(CC(=O)O)CC(=O)N[C@H](C)c1ccccc1Cl. The molecule has 1 aromatic rings. The highest BCUT2D eigenvalue weighted by atomic mass is 35.5. The van der Waals surface area contributed by atoms with Gasteiger partial charge in [-0.25, -0.2) is 0 Å². The van der Waals surface area contributed by atoms with Crippen molar-refractivity contribution in [2.45, 2.75) is 32.7 Å². The molecule has 0 aliphatic rings. The summed E-state index contributed by atoms with van der Waals surface area (Å²) < 4.78 is 0. The van der Waals surface area contributed by atoms with Gasteiger partial charge in [-0.2, -0.15) is 0 Å². The number of hydrogen-bond acceptors (Lipinski definition) is 2. The molecule has 0 bridgehead atoms. The monoisotopic (exact) mass is 283 g/mol. The van der Waals surface area contributed by atoms with Crippen LogP contribution in [0.2, 0.25) is 5.02 Å². The van der Waals surface area contributed by atoms with E-state index in [4.69, 9.17) is 16.7 Å². The molecule has 0 heterocycles. The van der Waals surface area contributed by atoms with Crippen molar-refractivity contribution in [2.24, 2.45) is 5.92 Å². The van der Waals surface area contributed by atoms with Gasteiger partial charge in [0.2, 0.25) is 5.91 Å². The van der Waals surface area contributed by atoms with Gasteiger partial charge < -0.3 is 10.4 Å². The van der Waals surface area contributed by atoms with E-state index in [2.05, 4.69) is 5.32 Å². The van der Waals surface area contributed by atoms with Crippen LogP contribution in [-0.4, -0.2) is 17.0 Å². The molecular weight excluding hydrogens is 266 g/mol. The van der Waals surface area contributed by atoms with Crippen LogP contribution in [0, 0.1) is 5.92 Å². The Balaban J connectivity index is 2.53. The summed E-state index contributed by atoms with van der Waals surface area (Å²) in [7, 11) is 0. The maximum Gasteiger partial charge on any atom is 0.303 e. The van der Waals surface area contributed by atoms with Gasteiger partial charge in [0.15, 0.2) is 0 Å². The first-order valence-corrected chi connectivity index (χ1v) is 6.53. The van der Waals surface area contributed by atoms with Crippen LogP contribution in [0.5, 0.6) is 0 Å². The number of halogens is 1. The second-order valence-electron chi connectivity index (χ2n) is 4.72. The first kappa shape index (κ1) is 15.5. The molecule has 0 fully saturated rings. The lowest BCUT2D eigenvalue weighted by atomic mass is 10.0. The van der Waals surface area contributed by atoms with E-state index in [-0.39, 0.29) is 30.7 Å². The number of amides is 1. The highest BCUT2D eigenvalue weighted by Crippen LogP contribution is 2.22. The van der Waals surface area contributed by atoms with Crippen LogP contribution in [0.4, 0.5) is 0 Å². The summed E-state index contributed by atoms with van der Waals surface area (Å²) >= 11 is 6.05. The predicted octanol–water partition coefficient (Wildman–Crippen LogP) is 3.02. The fourth-order valence-electron chi connectivity index (χ4n) is 1.89. The number of carbonyl (C=O) groups excluding carboxylic acids is 1. The second-order valence-corrected chi connectivity index (χ2v) is 5.13. The van der Waals surface area contributed by atoms with Gasteiger partial charge in [0.1, 0.15) is 0 Å². The molecule has 5 heteroatoms. The van der Waals surface area contributed by atoms with Crippen molar-refractivity contribution in [3.63, 3.8) is 0 Å². The first-order valence-electron chi connectivity index (χ1n) is 6.15. The third-order valence-corrected chi connectivity index (χ3v) is 3.15. The fraction of sp³-hybridized carbons (Fsp3) is 0.429. The molecule has 0 aromatic heterocycles. The normalized spacial score (nSPS) is 13.6. The van der Waals surface area contributed by atoms with Crippen molar-refractivity contribution in [3.05, 3.63) is 34.9 Å². The van der Waals surface area contributed by atoms with Crippen LogP contribution in [0.1, 0.15) is 38.3 Å². The number of carboxylic acid groups (broad SMARTS) is 1. The summed E-state index contributed by atoms with van der Waals surface area (Å²) in [4.78, 5) is 22.3. The van der Waals surface area contributed by atoms with E-state index in [1.54, 1.807) is 13.0 Å². The van der Waals surface area contributed by atoms with E-state index in [1.165, 1.54) is 0 Å². The van der Waals surface area contributed by atoms with Crippen LogP contribution in [0.3, 0.4) is 0 Å². The van der Waals surface area contributed by atoms with Crippen molar-refractivity contribution in [2.75, 3.05) is 0 Å². The number of carboxylic acids is 1. The molecule has 1 rings (SSSR count). The zero-order valence-corrected chi connectivity index (χ0v) is 11.8. The number of carbonyl (C=O) groups is 2. The lowest BCUT2D eigenvalue weighted by Crippen LogP contribution is -2.28. The highest BCUT2D eigenvalue weighted by molar-refractivity contribution is 6.31. The minimum absolute atomic E-state index is 0.00606. The van der Waals surface area contributed by atoms with Gasteiger partial charge in [-0.1, -0.05) is 36.7 Å². The number of aliphatic carboxylic acids is 1. The summed E-state index contributed by atoms with van der Waals surface area (Å²) in [6.45, 7) is 3.59. The number of hydrogen-bond donors (Lipinski definition) is 2. The zero-order valence-electron chi connectivity index (χ0n) is 11.0. The van der Waals surface area contributed by atoms with Crippen molar-refractivity contribution < 1.29 is 14.7 Å². The first-order chi connectivity index (χ1) is 8.90. The van der Waals surface area contributed by atoms with E-state index >= 15 is 0 Å². The van der Waals surface area contributed by atoms with Crippen LogP contribution in [0.25, 0.3) is 0 Å². The molecule has 1 aromatic carbocycles. The summed E-state index contributed by atoms with van der Waals surface area (Å²) in [6.07, 6.45) is 0.189. The topological polar surface area (TPSA) is 66.4 Å². The van der Waals surface area contributed by atoms with Gasteiger partial charge in [-0.3, -0.25) is 9.59 Å². The second kappa shape index (κ2) is 7.14. The van der Waals surface area contributed by atoms with Gasteiger partial charge in [-0.15, -0.1) is 0 Å². The van der Waals surface area contributed by atoms with E-state index in [9.17, 15) is 9.59 Å². The smallest absolute Gasteiger partial charge is 0.303 e. The van der Waals surface area contributed by atoms with E-state index < -0.39 is 5.97 Å². The maximum absolute atomic E-state index is 11.8. The molecule has 0 saturated heterocycles. The lowest BCUT2D eigenvalue weighted by Gasteiger charge is -2.17. The van der Waals surface area contributed by atoms with Crippen molar-refractivity contribution in [1.82, 2.24) is 5.32 Å². The van der Waals surface area contributed by atoms with Gasteiger partial charge in [0.25, 0.3) is 0 Å². The Morgan fingerprint density at radius 2 is 1.89 bits per heavy atom. The maximum atomic E-state index is 11.8. The van der Waals surface area contributed by atoms with Crippen molar-refractivity contribution in [3.8, 4) is 0 Å². The van der Waals surface area contributed by atoms with Crippen LogP contribution in [-0.2, 0) is 9.59 Å². The third kappa shape index (κ3) is 5.30. The molecule has 1 amide bonds. The Kier molecular flexibility index (Phi) is 5.83. The molecule has 0 aliphatic heterocycles. The number of benzene rings is 1. The molecule has 0 spiro atoms. The van der Waals surface area contributed by atoms with E-state index in [1.807, 2.05) is 25.1 Å². The zero-order chi connectivity index (χ0) is 14.4. The van der Waals surface area contributed by atoms with Gasteiger partial charge in [0, 0.05) is 17.9 Å². The quantitative estimate of drug-likeness (QED) is 0.843. The average molecular weight is 284 g/mol. The lowest BCUT2D eigenvalue weighted by molar-refractivity contribution is -0.138. The van der Waals surface area contributed by atoms with Crippen molar-refractivity contribution >= 4 is 23.5 Å². The summed E-state index contributed by atoms with van der Waals surface area (Å²) in [5, 5.41) is 12.1. The number of nitrogens with one attached hydrogen (secondary N) is 1. The minimum atomic E-state index is -0.889. The molecule has 0 aliphatic carbocycles. The Labute approximate surface area is 117 Å². The standard InChI is InChI=1S/C14H18ClNO3/c1-9(8-14(18)19)7-13(17)16-10(2)11-5-3-4-6-12(11)15/h3-6,9-10H,7-8H2,1-2H3,(H,16,17)(H,18,19)/t9?,10-/m1/s1. The van der Waals surface area contributed by atoms with Crippen molar-refractivity contribution in [1.29, 1.82) is 0 Å². The molecule has 4 nitrogen and oxygen atoms in total. The van der Waals surface area contributed by atoms with E-state index in [0.29, 0.717) is 5.02 Å². The number of rotatable bonds is 6.